The minimum Gasteiger partial charge on any atom is -0.405 e. The van der Waals surface area contributed by atoms with Gasteiger partial charge in [0.25, 0.3) is 0 Å². The molecule has 0 atom stereocenters. The molecule has 4 nitrogen and oxygen atoms in total. The first-order chi connectivity index (χ1) is 8.49. The standard InChI is InChI=1S/C12H10Cl2N2O2/c1-7-6-8(2)16(15-7)12(17)18-11-9(13)4-3-5-10(11)14/h3-6H,1-2H3. The molecule has 0 unspecified atom stereocenters. The van der Waals surface area contributed by atoms with Gasteiger partial charge in [0.15, 0.2) is 5.75 Å². The first-order valence-electron chi connectivity index (χ1n) is 5.18. The Balaban J connectivity index is 2.30. The van der Waals surface area contributed by atoms with Crippen LogP contribution >= 0.6 is 23.2 Å². The van der Waals surface area contributed by atoms with Gasteiger partial charge in [-0.1, -0.05) is 29.3 Å². The van der Waals surface area contributed by atoms with E-state index in [9.17, 15) is 4.79 Å². The van der Waals surface area contributed by atoms with Crippen molar-refractivity contribution < 1.29 is 9.53 Å². The SMILES string of the molecule is Cc1cc(C)n(C(=O)Oc2c(Cl)cccc2Cl)n1. The highest BCUT2D eigenvalue weighted by atomic mass is 35.5. The van der Waals surface area contributed by atoms with Gasteiger partial charge in [0.2, 0.25) is 0 Å². The fraction of sp³-hybridized carbons (Fsp3) is 0.167. The van der Waals surface area contributed by atoms with E-state index < -0.39 is 6.09 Å². The highest BCUT2D eigenvalue weighted by Crippen LogP contribution is 2.32. The molecule has 0 aliphatic carbocycles. The lowest BCUT2D eigenvalue weighted by Gasteiger charge is -2.08. The topological polar surface area (TPSA) is 44.1 Å². The summed E-state index contributed by atoms with van der Waals surface area (Å²) in [6, 6.07) is 6.63. The van der Waals surface area contributed by atoms with Crippen molar-refractivity contribution in [2.75, 3.05) is 0 Å². The van der Waals surface area contributed by atoms with Gasteiger partial charge in [-0.05, 0) is 32.0 Å². The number of aromatic nitrogens is 2. The summed E-state index contributed by atoms with van der Waals surface area (Å²) in [6.45, 7) is 3.55. The van der Waals surface area contributed by atoms with Crippen molar-refractivity contribution in [3.8, 4) is 5.75 Å². The maximum absolute atomic E-state index is 11.9. The molecular formula is C12H10Cl2N2O2. The van der Waals surface area contributed by atoms with Gasteiger partial charge in [-0.15, -0.1) is 0 Å². The summed E-state index contributed by atoms with van der Waals surface area (Å²) in [6.07, 6.45) is -0.643. The van der Waals surface area contributed by atoms with Crippen LogP contribution in [0.15, 0.2) is 24.3 Å². The van der Waals surface area contributed by atoms with Crippen LogP contribution in [0.25, 0.3) is 0 Å². The molecule has 6 heteroatoms. The highest BCUT2D eigenvalue weighted by molar-refractivity contribution is 6.37. The molecule has 0 fully saturated rings. The summed E-state index contributed by atoms with van der Waals surface area (Å²) in [5.41, 5.74) is 1.41. The minimum atomic E-state index is -0.643. The maximum Gasteiger partial charge on any atom is 0.440 e. The quantitative estimate of drug-likeness (QED) is 0.799. The van der Waals surface area contributed by atoms with Crippen molar-refractivity contribution in [3.63, 3.8) is 0 Å². The number of hydrogen-bond donors (Lipinski definition) is 0. The molecule has 0 spiro atoms. The first kappa shape index (κ1) is 12.9. The first-order valence-corrected chi connectivity index (χ1v) is 5.94. The van der Waals surface area contributed by atoms with Crippen molar-refractivity contribution in [3.05, 3.63) is 45.7 Å². The Morgan fingerprint density at radius 1 is 1.28 bits per heavy atom. The summed E-state index contributed by atoms with van der Waals surface area (Å²) in [5.74, 6) is 0.137. The van der Waals surface area contributed by atoms with Crippen LogP contribution in [0.1, 0.15) is 11.4 Å². The molecule has 0 aliphatic heterocycles. The number of halogens is 2. The molecular weight excluding hydrogens is 275 g/mol. The van der Waals surface area contributed by atoms with E-state index in [1.54, 1.807) is 38.1 Å². The summed E-state index contributed by atoms with van der Waals surface area (Å²) in [7, 11) is 0. The molecule has 1 aromatic heterocycles. The number of aryl methyl sites for hydroxylation is 2. The van der Waals surface area contributed by atoms with Gasteiger partial charge in [-0.25, -0.2) is 4.79 Å². The molecule has 0 bridgehead atoms. The number of rotatable bonds is 1. The maximum atomic E-state index is 11.9. The van der Waals surface area contributed by atoms with Gasteiger partial charge in [0, 0.05) is 5.69 Å². The van der Waals surface area contributed by atoms with E-state index >= 15 is 0 Å². The van der Waals surface area contributed by atoms with Gasteiger partial charge in [-0.3, -0.25) is 0 Å². The fourth-order valence-electron chi connectivity index (χ4n) is 1.52. The number of benzene rings is 1. The smallest absolute Gasteiger partial charge is 0.405 e. The second-order valence-electron chi connectivity index (χ2n) is 3.76. The van der Waals surface area contributed by atoms with Crippen LogP contribution in [-0.2, 0) is 0 Å². The minimum absolute atomic E-state index is 0.137. The number of hydrogen-bond acceptors (Lipinski definition) is 3. The highest BCUT2D eigenvalue weighted by Gasteiger charge is 2.16. The van der Waals surface area contributed by atoms with Crippen LogP contribution in [-0.4, -0.2) is 15.9 Å². The van der Waals surface area contributed by atoms with E-state index in [2.05, 4.69) is 5.10 Å². The predicted molar refractivity (Wildman–Crippen MR) is 69.6 cm³/mol. The molecule has 0 radical (unpaired) electrons. The molecule has 0 saturated heterocycles. The zero-order chi connectivity index (χ0) is 13.3. The summed E-state index contributed by atoms with van der Waals surface area (Å²) >= 11 is 11.8. The monoisotopic (exact) mass is 284 g/mol. The van der Waals surface area contributed by atoms with Crippen LogP contribution in [0, 0.1) is 13.8 Å². The van der Waals surface area contributed by atoms with Crippen LogP contribution in [0.2, 0.25) is 10.0 Å². The Hall–Kier alpha value is -1.52. The van der Waals surface area contributed by atoms with Gasteiger partial charge in [-0.2, -0.15) is 9.78 Å². The summed E-state index contributed by atoms with van der Waals surface area (Å²) in [5, 5.41) is 4.57. The van der Waals surface area contributed by atoms with E-state index in [0.29, 0.717) is 5.69 Å². The lowest BCUT2D eigenvalue weighted by molar-refractivity contribution is 0.198. The van der Waals surface area contributed by atoms with Crippen LogP contribution in [0.5, 0.6) is 5.75 Å². The number of carbonyl (C=O) groups excluding carboxylic acids is 1. The summed E-state index contributed by atoms with van der Waals surface area (Å²) < 4.78 is 6.32. The van der Waals surface area contributed by atoms with E-state index in [1.807, 2.05) is 0 Å². The van der Waals surface area contributed by atoms with Gasteiger partial charge >= 0.3 is 6.09 Å². The van der Waals surface area contributed by atoms with Gasteiger partial charge in [0.05, 0.1) is 15.7 Å². The molecule has 94 valence electrons. The zero-order valence-corrected chi connectivity index (χ0v) is 11.3. The van der Waals surface area contributed by atoms with Crippen molar-refractivity contribution in [1.29, 1.82) is 0 Å². The van der Waals surface area contributed by atoms with Gasteiger partial charge < -0.3 is 4.74 Å². The van der Waals surface area contributed by atoms with Crippen molar-refractivity contribution in [2.24, 2.45) is 0 Å². The third kappa shape index (κ3) is 2.49. The van der Waals surface area contributed by atoms with Crippen molar-refractivity contribution in [2.45, 2.75) is 13.8 Å². The van der Waals surface area contributed by atoms with E-state index in [0.717, 1.165) is 10.4 Å². The molecule has 0 amide bonds. The Morgan fingerprint density at radius 3 is 2.39 bits per heavy atom. The number of carbonyl (C=O) groups is 1. The number of nitrogens with zero attached hydrogens (tertiary/aromatic N) is 2. The molecule has 2 rings (SSSR count). The van der Waals surface area contributed by atoms with E-state index in [4.69, 9.17) is 27.9 Å². The van der Waals surface area contributed by atoms with Crippen LogP contribution < -0.4 is 4.74 Å². The lowest BCUT2D eigenvalue weighted by atomic mass is 10.3. The van der Waals surface area contributed by atoms with Crippen molar-refractivity contribution in [1.82, 2.24) is 9.78 Å². The van der Waals surface area contributed by atoms with E-state index in [-0.39, 0.29) is 15.8 Å². The Bertz CT molecular complexity index is 588. The zero-order valence-electron chi connectivity index (χ0n) is 9.78. The third-order valence-electron chi connectivity index (χ3n) is 2.29. The molecule has 2 aromatic rings. The molecule has 0 aliphatic rings. The average molecular weight is 285 g/mol. The predicted octanol–water partition coefficient (Wildman–Crippen LogP) is 3.85. The van der Waals surface area contributed by atoms with Crippen LogP contribution in [0.3, 0.4) is 0 Å². The van der Waals surface area contributed by atoms with Crippen molar-refractivity contribution >= 4 is 29.3 Å². The second-order valence-corrected chi connectivity index (χ2v) is 4.57. The number of para-hydroxylation sites is 1. The normalized spacial score (nSPS) is 10.4. The lowest BCUT2D eigenvalue weighted by Crippen LogP contribution is -2.19. The molecule has 0 saturated carbocycles. The molecule has 1 heterocycles. The fourth-order valence-corrected chi connectivity index (χ4v) is 2.00. The summed E-state index contributed by atoms with van der Waals surface area (Å²) in [4.78, 5) is 11.9. The van der Waals surface area contributed by atoms with Gasteiger partial charge in [0.1, 0.15) is 0 Å². The van der Waals surface area contributed by atoms with E-state index in [1.165, 1.54) is 0 Å². The molecule has 1 aromatic carbocycles. The van der Waals surface area contributed by atoms with Crippen LogP contribution in [0.4, 0.5) is 4.79 Å². The third-order valence-corrected chi connectivity index (χ3v) is 2.89. The Labute approximate surface area is 114 Å². The molecule has 18 heavy (non-hydrogen) atoms. The largest absolute Gasteiger partial charge is 0.440 e. The Morgan fingerprint density at radius 2 is 1.89 bits per heavy atom. The second kappa shape index (κ2) is 5.00. The molecule has 0 N–H and O–H groups in total. The Kier molecular flexibility index (Phi) is 3.59. The number of ether oxygens (including phenoxy) is 1. The average Bonchev–Trinajstić information content (AvgIpc) is 2.63.